The SMILES string of the molecule is C=CC(OCCCCO)OC(C=C)OCCCCO. The molecule has 2 N–H and O–H groups in total. The van der Waals surface area contributed by atoms with E-state index in [0.29, 0.717) is 26.1 Å². The number of aliphatic hydroxyl groups excluding tert-OH is 2. The fourth-order valence-corrected chi connectivity index (χ4v) is 1.28. The molecular weight excluding hydrogens is 248 g/mol. The van der Waals surface area contributed by atoms with Gasteiger partial charge in [-0.3, -0.25) is 0 Å². The summed E-state index contributed by atoms with van der Waals surface area (Å²) in [4.78, 5) is 0. The minimum Gasteiger partial charge on any atom is -0.396 e. The van der Waals surface area contributed by atoms with Crippen molar-refractivity contribution in [3.8, 4) is 0 Å². The van der Waals surface area contributed by atoms with E-state index in [4.69, 9.17) is 24.4 Å². The Morgan fingerprint density at radius 1 is 0.789 bits per heavy atom. The van der Waals surface area contributed by atoms with Crippen LogP contribution < -0.4 is 0 Å². The third-order valence-electron chi connectivity index (χ3n) is 2.32. The Morgan fingerprint density at radius 3 is 1.53 bits per heavy atom. The monoisotopic (exact) mass is 274 g/mol. The number of hydrogen-bond acceptors (Lipinski definition) is 5. The van der Waals surface area contributed by atoms with Crippen LogP contribution in [0.15, 0.2) is 25.3 Å². The van der Waals surface area contributed by atoms with Crippen molar-refractivity contribution < 1.29 is 24.4 Å². The van der Waals surface area contributed by atoms with Gasteiger partial charge in [0.2, 0.25) is 0 Å². The molecule has 2 unspecified atom stereocenters. The van der Waals surface area contributed by atoms with Crippen molar-refractivity contribution in [1.29, 1.82) is 0 Å². The molecule has 0 aliphatic heterocycles. The highest BCUT2D eigenvalue weighted by Crippen LogP contribution is 2.07. The lowest BCUT2D eigenvalue weighted by atomic mass is 10.3. The van der Waals surface area contributed by atoms with Gasteiger partial charge in [0.05, 0.1) is 13.2 Å². The van der Waals surface area contributed by atoms with E-state index in [1.54, 1.807) is 12.2 Å². The third-order valence-corrected chi connectivity index (χ3v) is 2.32. The topological polar surface area (TPSA) is 68.2 Å². The summed E-state index contributed by atoms with van der Waals surface area (Å²) in [6, 6.07) is 0. The van der Waals surface area contributed by atoms with E-state index >= 15 is 0 Å². The van der Waals surface area contributed by atoms with E-state index in [9.17, 15) is 0 Å². The molecule has 0 radical (unpaired) electrons. The maximum Gasteiger partial charge on any atom is 0.179 e. The molecule has 0 amide bonds. The summed E-state index contributed by atoms with van der Waals surface area (Å²) < 4.78 is 16.4. The summed E-state index contributed by atoms with van der Waals surface area (Å²) in [7, 11) is 0. The summed E-state index contributed by atoms with van der Waals surface area (Å²) in [5.74, 6) is 0. The highest BCUT2D eigenvalue weighted by Gasteiger charge is 2.11. The number of ether oxygens (including phenoxy) is 3. The molecule has 2 atom stereocenters. The smallest absolute Gasteiger partial charge is 0.179 e. The first-order valence-corrected chi connectivity index (χ1v) is 6.64. The maximum absolute atomic E-state index is 8.65. The van der Waals surface area contributed by atoms with Gasteiger partial charge in [-0.25, -0.2) is 0 Å². The van der Waals surface area contributed by atoms with E-state index in [1.807, 2.05) is 0 Å². The number of unbranched alkanes of at least 4 members (excludes halogenated alkanes) is 2. The summed E-state index contributed by atoms with van der Waals surface area (Å²) in [5.41, 5.74) is 0. The van der Waals surface area contributed by atoms with Gasteiger partial charge in [0.15, 0.2) is 12.6 Å². The van der Waals surface area contributed by atoms with Crippen molar-refractivity contribution in [2.24, 2.45) is 0 Å². The molecule has 0 aromatic carbocycles. The molecule has 0 aliphatic carbocycles. The van der Waals surface area contributed by atoms with Crippen LogP contribution in [0.25, 0.3) is 0 Å². The normalized spacial score (nSPS) is 14.0. The first-order valence-electron chi connectivity index (χ1n) is 6.64. The van der Waals surface area contributed by atoms with Crippen molar-refractivity contribution in [3.63, 3.8) is 0 Å². The predicted molar refractivity (Wildman–Crippen MR) is 73.6 cm³/mol. The maximum atomic E-state index is 8.65. The molecule has 0 rings (SSSR count). The Hall–Kier alpha value is -0.720. The van der Waals surface area contributed by atoms with Crippen molar-refractivity contribution in [2.45, 2.75) is 38.3 Å². The summed E-state index contributed by atoms with van der Waals surface area (Å²) >= 11 is 0. The Morgan fingerprint density at radius 2 is 1.21 bits per heavy atom. The van der Waals surface area contributed by atoms with E-state index in [1.165, 1.54) is 0 Å². The summed E-state index contributed by atoms with van der Waals surface area (Å²) in [6.07, 6.45) is 4.91. The van der Waals surface area contributed by atoms with Gasteiger partial charge >= 0.3 is 0 Å². The average molecular weight is 274 g/mol. The lowest BCUT2D eigenvalue weighted by Crippen LogP contribution is -2.24. The molecule has 0 aromatic rings. The Labute approximate surface area is 115 Å². The van der Waals surface area contributed by atoms with Crippen LogP contribution in [0.3, 0.4) is 0 Å². The molecule has 0 fully saturated rings. The minimum absolute atomic E-state index is 0.159. The Balaban J connectivity index is 3.82. The van der Waals surface area contributed by atoms with Crippen LogP contribution in [0.4, 0.5) is 0 Å². The van der Waals surface area contributed by atoms with Crippen LogP contribution in [0.2, 0.25) is 0 Å². The molecule has 19 heavy (non-hydrogen) atoms. The fraction of sp³-hybridized carbons (Fsp3) is 0.714. The van der Waals surface area contributed by atoms with Crippen LogP contribution in [-0.4, -0.2) is 49.2 Å². The molecule has 0 spiro atoms. The second kappa shape index (κ2) is 13.7. The van der Waals surface area contributed by atoms with Crippen molar-refractivity contribution >= 4 is 0 Å². The van der Waals surface area contributed by atoms with E-state index < -0.39 is 12.6 Å². The van der Waals surface area contributed by atoms with E-state index in [0.717, 1.165) is 12.8 Å². The molecule has 5 nitrogen and oxygen atoms in total. The van der Waals surface area contributed by atoms with E-state index in [-0.39, 0.29) is 13.2 Å². The van der Waals surface area contributed by atoms with Crippen molar-refractivity contribution in [2.75, 3.05) is 26.4 Å². The molecule has 112 valence electrons. The van der Waals surface area contributed by atoms with Crippen LogP contribution >= 0.6 is 0 Å². The first-order chi connectivity index (χ1) is 9.28. The fourth-order valence-electron chi connectivity index (χ4n) is 1.28. The number of rotatable bonds is 14. The molecule has 0 aromatic heterocycles. The third kappa shape index (κ3) is 10.9. The van der Waals surface area contributed by atoms with Gasteiger partial charge in [0, 0.05) is 13.2 Å². The van der Waals surface area contributed by atoms with Gasteiger partial charge in [-0.2, -0.15) is 0 Å². The van der Waals surface area contributed by atoms with Gasteiger partial charge in [-0.05, 0) is 37.8 Å². The zero-order valence-corrected chi connectivity index (χ0v) is 11.5. The van der Waals surface area contributed by atoms with E-state index in [2.05, 4.69) is 13.2 Å². The predicted octanol–water partition coefficient (Wildman–Crippen LogP) is 1.61. The largest absolute Gasteiger partial charge is 0.396 e. The molecule has 0 bridgehead atoms. The van der Waals surface area contributed by atoms with Gasteiger partial charge in [0.1, 0.15) is 0 Å². The quantitative estimate of drug-likeness (QED) is 0.286. The van der Waals surface area contributed by atoms with Crippen molar-refractivity contribution in [3.05, 3.63) is 25.3 Å². The van der Waals surface area contributed by atoms with Crippen LogP contribution in [0.1, 0.15) is 25.7 Å². The zero-order valence-electron chi connectivity index (χ0n) is 11.5. The average Bonchev–Trinajstić information content (AvgIpc) is 2.44. The lowest BCUT2D eigenvalue weighted by Gasteiger charge is -2.20. The summed E-state index contributed by atoms with van der Waals surface area (Å²) in [5, 5.41) is 17.3. The standard InChI is InChI=1S/C14H26O5/c1-3-13(17-11-7-5-9-15)19-14(4-2)18-12-8-6-10-16/h3-4,13-16H,1-2,5-12H2. The molecule has 0 heterocycles. The zero-order chi connectivity index (χ0) is 14.3. The Kier molecular flexibility index (Phi) is 13.2. The molecular formula is C14H26O5. The lowest BCUT2D eigenvalue weighted by molar-refractivity contribution is -0.208. The first kappa shape index (κ1) is 18.3. The van der Waals surface area contributed by atoms with Gasteiger partial charge in [-0.15, -0.1) is 0 Å². The second-order valence-corrected chi connectivity index (χ2v) is 3.95. The summed E-state index contributed by atoms with van der Waals surface area (Å²) in [6.45, 7) is 8.57. The Bertz CT molecular complexity index is 198. The number of hydrogen-bond donors (Lipinski definition) is 2. The molecule has 0 saturated carbocycles. The molecule has 0 saturated heterocycles. The van der Waals surface area contributed by atoms with Crippen LogP contribution in [0, 0.1) is 0 Å². The van der Waals surface area contributed by atoms with Crippen molar-refractivity contribution in [1.82, 2.24) is 0 Å². The van der Waals surface area contributed by atoms with Gasteiger partial charge in [0.25, 0.3) is 0 Å². The molecule has 0 aliphatic rings. The minimum atomic E-state index is -0.556. The highest BCUT2D eigenvalue weighted by molar-refractivity contribution is 4.78. The van der Waals surface area contributed by atoms with Gasteiger partial charge < -0.3 is 24.4 Å². The van der Waals surface area contributed by atoms with Crippen LogP contribution in [0.5, 0.6) is 0 Å². The van der Waals surface area contributed by atoms with Crippen LogP contribution in [-0.2, 0) is 14.2 Å². The molecule has 5 heteroatoms. The highest BCUT2D eigenvalue weighted by atomic mass is 16.8. The number of aliphatic hydroxyl groups is 2. The second-order valence-electron chi connectivity index (χ2n) is 3.95. The van der Waals surface area contributed by atoms with Gasteiger partial charge in [-0.1, -0.05) is 13.2 Å².